The number of amides is 3. The maximum Gasteiger partial charge on any atom is 0.282 e. The topological polar surface area (TPSA) is 144 Å². The van der Waals surface area contributed by atoms with Gasteiger partial charge in [0.2, 0.25) is 0 Å². The van der Waals surface area contributed by atoms with E-state index in [-0.39, 0.29) is 39.3 Å². The molecular weight excluding hydrogens is 604 g/mol. The Morgan fingerprint density at radius 3 is 2.00 bits per heavy atom. The van der Waals surface area contributed by atoms with Crippen LogP contribution in [0.4, 0.5) is 11.4 Å². The first kappa shape index (κ1) is 24.5. The van der Waals surface area contributed by atoms with Crippen molar-refractivity contribution in [2.45, 2.75) is 22.6 Å². The molecule has 0 unspecified atom stereocenters. The molecule has 2 aliphatic carbocycles. The van der Waals surface area contributed by atoms with E-state index in [1.165, 1.54) is 48.5 Å². The summed E-state index contributed by atoms with van der Waals surface area (Å²) in [6.45, 7) is -0.287. The van der Waals surface area contributed by atoms with Gasteiger partial charge in [0.25, 0.3) is 29.1 Å². The Labute approximate surface area is 221 Å². The molecule has 0 aromatic heterocycles. The van der Waals surface area contributed by atoms with E-state index in [1.54, 1.807) is 0 Å². The Bertz CT molecular complexity index is 1270. The van der Waals surface area contributed by atoms with Crippen molar-refractivity contribution in [3.63, 3.8) is 0 Å². The van der Waals surface area contributed by atoms with Gasteiger partial charge in [0.1, 0.15) is 5.56 Å². The van der Waals surface area contributed by atoms with Gasteiger partial charge in [0, 0.05) is 27.9 Å². The molecule has 5 rings (SSSR count). The highest BCUT2D eigenvalue weighted by molar-refractivity contribution is 9.12. The number of carbonyl (C=O) groups excluding carboxylic acids is 3. The van der Waals surface area contributed by atoms with Gasteiger partial charge in [-0.05, 0) is 29.9 Å². The monoisotopic (exact) mass is 620 g/mol. The van der Waals surface area contributed by atoms with Gasteiger partial charge in [0.05, 0.1) is 28.2 Å². The number of halogens is 2. The number of para-hydroxylation sites is 1. The van der Waals surface area contributed by atoms with E-state index in [9.17, 15) is 34.6 Å². The van der Waals surface area contributed by atoms with Crippen LogP contribution in [0.5, 0.6) is 0 Å². The Balaban J connectivity index is 1.55. The molecule has 3 aliphatic rings. The first-order chi connectivity index (χ1) is 17.1. The number of non-ortho nitro benzene ring substituents is 1. The van der Waals surface area contributed by atoms with Gasteiger partial charge < -0.3 is 0 Å². The normalized spacial score (nSPS) is 28.3. The molecule has 1 heterocycles. The van der Waals surface area contributed by atoms with Crippen LogP contribution in [0.25, 0.3) is 0 Å². The van der Waals surface area contributed by atoms with E-state index in [1.807, 2.05) is 0 Å². The highest BCUT2D eigenvalue weighted by Gasteiger charge is 2.67. The predicted molar refractivity (Wildman–Crippen MR) is 132 cm³/mol. The number of rotatable bonds is 6. The zero-order valence-electron chi connectivity index (χ0n) is 18.4. The van der Waals surface area contributed by atoms with Crippen molar-refractivity contribution < 1.29 is 24.2 Å². The van der Waals surface area contributed by atoms with Gasteiger partial charge in [-0.3, -0.25) is 34.6 Å². The molecule has 2 bridgehead atoms. The van der Waals surface area contributed by atoms with Gasteiger partial charge in [-0.15, -0.1) is 0 Å². The molecule has 1 aliphatic heterocycles. The molecule has 13 heteroatoms. The van der Waals surface area contributed by atoms with E-state index in [4.69, 9.17) is 0 Å². The maximum atomic E-state index is 13.7. The number of nitro benzene ring substituents is 2. The molecule has 1 saturated heterocycles. The largest absolute Gasteiger partial charge is 0.282 e. The summed E-state index contributed by atoms with van der Waals surface area (Å²) in [6.07, 6.45) is 0.701. The number of nitrogens with zero attached hydrogens (tertiary/aromatic N) is 4. The summed E-state index contributed by atoms with van der Waals surface area (Å²) in [4.78, 5) is 62.3. The quantitative estimate of drug-likeness (QED) is 0.206. The van der Waals surface area contributed by atoms with Crippen LogP contribution < -0.4 is 0 Å². The first-order valence-corrected chi connectivity index (χ1v) is 12.9. The van der Waals surface area contributed by atoms with Crippen molar-refractivity contribution in [2.24, 2.45) is 23.7 Å². The van der Waals surface area contributed by atoms with Crippen molar-refractivity contribution in [2.75, 3.05) is 0 Å². The summed E-state index contributed by atoms with van der Waals surface area (Å²) >= 11 is 7.25. The highest BCUT2D eigenvalue weighted by Crippen LogP contribution is 2.60. The second-order valence-electron chi connectivity index (χ2n) is 9.05. The molecule has 36 heavy (non-hydrogen) atoms. The van der Waals surface area contributed by atoms with E-state index >= 15 is 0 Å². The molecule has 6 atom stereocenters. The van der Waals surface area contributed by atoms with E-state index in [0.717, 1.165) is 10.0 Å². The molecule has 0 radical (unpaired) electrons. The lowest BCUT2D eigenvalue weighted by atomic mass is 9.81. The van der Waals surface area contributed by atoms with Crippen LogP contribution in [0.2, 0.25) is 0 Å². The Hall–Kier alpha value is -3.19. The third kappa shape index (κ3) is 3.72. The maximum absolute atomic E-state index is 13.7. The van der Waals surface area contributed by atoms with Crippen LogP contribution in [0, 0.1) is 43.9 Å². The number of benzene rings is 2. The van der Waals surface area contributed by atoms with Crippen LogP contribution in [-0.4, -0.2) is 47.2 Å². The van der Waals surface area contributed by atoms with Crippen molar-refractivity contribution in [1.82, 2.24) is 10.0 Å². The summed E-state index contributed by atoms with van der Waals surface area (Å²) in [5, 5.41) is 24.4. The summed E-state index contributed by atoms with van der Waals surface area (Å²) in [5.41, 5.74) is -0.496. The molecule has 3 fully saturated rings. The Kier molecular flexibility index (Phi) is 6.15. The number of alkyl halides is 2. The summed E-state index contributed by atoms with van der Waals surface area (Å²) in [7, 11) is 0. The van der Waals surface area contributed by atoms with Gasteiger partial charge in [-0.2, -0.15) is 5.01 Å². The number of carbonyl (C=O) groups is 3. The van der Waals surface area contributed by atoms with Gasteiger partial charge >= 0.3 is 0 Å². The minimum Gasteiger partial charge on any atom is -0.272 e. The molecule has 3 amide bonds. The fraction of sp³-hybridized carbons (Fsp3) is 0.348. The van der Waals surface area contributed by atoms with Crippen molar-refractivity contribution in [3.05, 3.63) is 79.9 Å². The molecular formula is C23H18Br2N4O7. The fourth-order valence-electron chi connectivity index (χ4n) is 5.65. The van der Waals surface area contributed by atoms with Crippen LogP contribution in [-0.2, 0) is 16.1 Å². The van der Waals surface area contributed by atoms with E-state index in [2.05, 4.69) is 31.9 Å². The number of hydrogen-bond acceptors (Lipinski definition) is 7. The molecule has 0 N–H and O–H groups in total. The number of fused-ring (bicyclic) bond motifs is 5. The number of nitro groups is 2. The molecule has 0 spiro atoms. The smallest absolute Gasteiger partial charge is 0.272 e. The van der Waals surface area contributed by atoms with Crippen molar-refractivity contribution in [1.29, 1.82) is 0 Å². The van der Waals surface area contributed by atoms with Crippen LogP contribution in [0.1, 0.15) is 22.3 Å². The molecule has 186 valence electrons. The standard InChI is InChI=1S/C23H18Br2N4O7/c24-19-14-9-15(20(19)25)18-17(14)22(31)27(23(18)32)26(10-11-5-7-12(8-6-11)28(33)34)21(30)13-3-1-2-4-16(13)29(35)36/h1-8,14-15,17-20H,9-10H2/t14-,15-,17-,18-,19+,20+/m1/s1. The molecule has 2 saturated carbocycles. The number of hydrazine groups is 1. The van der Waals surface area contributed by atoms with Crippen LogP contribution in [0.15, 0.2) is 48.5 Å². The fourth-order valence-corrected chi connectivity index (χ4v) is 7.53. The van der Waals surface area contributed by atoms with Crippen LogP contribution in [0.3, 0.4) is 0 Å². The van der Waals surface area contributed by atoms with E-state index in [0.29, 0.717) is 12.0 Å². The molecule has 2 aromatic rings. The van der Waals surface area contributed by atoms with Gasteiger partial charge in [-0.1, -0.05) is 56.1 Å². The van der Waals surface area contributed by atoms with E-state index < -0.39 is 45.1 Å². The average molecular weight is 622 g/mol. The second-order valence-corrected chi connectivity index (χ2v) is 11.2. The Morgan fingerprint density at radius 2 is 1.47 bits per heavy atom. The van der Waals surface area contributed by atoms with Crippen molar-refractivity contribution in [3.8, 4) is 0 Å². The number of hydrogen-bond donors (Lipinski definition) is 0. The zero-order valence-corrected chi connectivity index (χ0v) is 21.6. The Morgan fingerprint density at radius 1 is 0.917 bits per heavy atom. The lowest BCUT2D eigenvalue weighted by Gasteiger charge is -2.31. The number of imide groups is 1. The summed E-state index contributed by atoms with van der Waals surface area (Å²) < 4.78 is 0. The summed E-state index contributed by atoms with van der Waals surface area (Å²) in [6, 6.07) is 10.6. The second kappa shape index (κ2) is 9.04. The summed E-state index contributed by atoms with van der Waals surface area (Å²) in [5.74, 6) is -3.30. The van der Waals surface area contributed by atoms with Gasteiger partial charge in [-0.25, -0.2) is 5.01 Å². The highest BCUT2D eigenvalue weighted by atomic mass is 79.9. The predicted octanol–water partition coefficient (Wildman–Crippen LogP) is 3.84. The lowest BCUT2D eigenvalue weighted by molar-refractivity contribution is -0.385. The third-order valence-electron chi connectivity index (χ3n) is 7.25. The van der Waals surface area contributed by atoms with Gasteiger partial charge in [0.15, 0.2) is 0 Å². The SMILES string of the molecule is O=C(c1ccccc1[N+](=O)[O-])N(Cc1ccc([N+](=O)[O-])cc1)N1C(=O)[C@@H]2[C@H]3C[C@@H]([C@H](Br)[C@H]3Br)[C@H]2C1=O. The minimum atomic E-state index is -0.888. The lowest BCUT2D eigenvalue weighted by Crippen LogP contribution is -2.50. The third-order valence-corrected chi connectivity index (χ3v) is 10.5. The molecule has 11 nitrogen and oxygen atoms in total. The average Bonchev–Trinajstić information content (AvgIpc) is 3.47. The first-order valence-electron chi connectivity index (χ1n) is 11.1. The molecule has 2 aromatic carbocycles. The van der Waals surface area contributed by atoms with Crippen molar-refractivity contribution >= 4 is 61.0 Å². The van der Waals surface area contributed by atoms with Crippen LogP contribution >= 0.6 is 31.9 Å². The zero-order chi connectivity index (χ0) is 25.9. The minimum absolute atomic E-state index is 0.00511.